The van der Waals surface area contributed by atoms with E-state index >= 15 is 0 Å². The largest absolute Gasteiger partial charge is 0.393 e. The lowest BCUT2D eigenvalue weighted by atomic mass is 9.84. The van der Waals surface area contributed by atoms with Gasteiger partial charge >= 0.3 is 0 Å². The van der Waals surface area contributed by atoms with Gasteiger partial charge in [0.25, 0.3) is 0 Å². The van der Waals surface area contributed by atoms with E-state index in [4.69, 9.17) is 4.74 Å². The molecule has 0 aromatic rings. The van der Waals surface area contributed by atoms with Gasteiger partial charge in [-0.2, -0.15) is 0 Å². The number of carbonyl (C=O) groups excluding carboxylic acids is 1. The summed E-state index contributed by atoms with van der Waals surface area (Å²) in [6.45, 7) is 4.26. The predicted molar refractivity (Wildman–Crippen MR) is 56.5 cm³/mol. The Morgan fingerprint density at radius 1 is 1.47 bits per heavy atom. The van der Waals surface area contributed by atoms with Gasteiger partial charge in [-0.05, 0) is 37.5 Å². The number of ether oxygens (including phenoxy) is 1. The van der Waals surface area contributed by atoms with Crippen LogP contribution in [0.4, 0.5) is 0 Å². The minimum atomic E-state index is -0.502. The molecule has 0 aromatic heterocycles. The fourth-order valence-electron chi connectivity index (χ4n) is 2.78. The summed E-state index contributed by atoms with van der Waals surface area (Å²) in [4.78, 5) is 11.0. The van der Waals surface area contributed by atoms with Gasteiger partial charge in [-0.15, -0.1) is 0 Å². The van der Waals surface area contributed by atoms with E-state index < -0.39 is 5.60 Å². The number of aliphatic hydroxyl groups is 1. The molecule has 0 bridgehead atoms. The molecule has 2 fully saturated rings. The van der Waals surface area contributed by atoms with Gasteiger partial charge in [0.1, 0.15) is 5.60 Å². The average molecular weight is 212 g/mol. The number of hydrogen-bond acceptors (Lipinski definition) is 3. The van der Waals surface area contributed by atoms with Crippen LogP contribution in [0, 0.1) is 11.8 Å². The Kier molecular flexibility index (Phi) is 2.86. The van der Waals surface area contributed by atoms with Crippen molar-refractivity contribution in [3.63, 3.8) is 0 Å². The Balaban J connectivity index is 2.10. The van der Waals surface area contributed by atoms with E-state index in [0.717, 1.165) is 32.0 Å². The van der Waals surface area contributed by atoms with E-state index in [1.165, 1.54) is 0 Å². The van der Waals surface area contributed by atoms with Gasteiger partial charge in [0, 0.05) is 0 Å². The molecule has 86 valence electrons. The van der Waals surface area contributed by atoms with Crippen molar-refractivity contribution in [2.45, 2.75) is 57.3 Å². The van der Waals surface area contributed by atoms with Gasteiger partial charge in [-0.3, -0.25) is 0 Å². The van der Waals surface area contributed by atoms with Crippen molar-refractivity contribution in [3.05, 3.63) is 0 Å². The molecule has 1 heterocycles. The maximum atomic E-state index is 11.0. The van der Waals surface area contributed by atoms with Gasteiger partial charge < -0.3 is 14.6 Å². The van der Waals surface area contributed by atoms with Crippen molar-refractivity contribution < 1.29 is 14.6 Å². The molecule has 1 N–H and O–H groups in total. The molecule has 1 aliphatic carbocycles. The third kappa shape index (κ3) is 1.95. The van der Waals surface area contributed by atoms with Crippen LogP contribution < -0.4 is 0 Å². The summed E-state index contributed by atoms with van der Waals surface area (Å²) in [5.74, 6) is 0.785. The molecule has 0 radical (unpaired) electrons. The van der Waals surface area contributed by atoms with Gasteiger partial charge in [-0.1, -0.05) is 13.8 Å². The summed E-state index contributed by atoms with van der Waals surface area (Å²) < 4.78 is 5.60. The molecular weight excluding hydrogens is 192 g/mol. The Morgan fingerprint density at radius 3 is 2.87 bits per heavy atom. The van der Waals surface area contributed by atoms with Crippen LogP contribution in [0.3, 0.4) is 0 Å². The predicted octanol–water partition coefficient (Wildman–Crippen LogP) is 1.53. The summed E-state index contributed by atoms with van der Waals surface area (Å²) in [7, 11) is 0. The number of fused-ring (bicyclic) bond motifs is 1. The topological polar surface area (TPSA) is 49.8 Å². The molecule has 5 unspecified atom stereocenters. The zero-order chi connectivity index (χ0) is 11.1. The quantitative estimate of drug-likeness (QED) is 0.529. The monoisotopic (exact) mass is 212 g/mol. The van der Waals surface area contributed by atoms with Crippen LogP contribution in [0.1, 0.15) is 39.5 Å². The standard InChI is InChI=1S/C12H20O3/c1-8-6-10(14)4-3-5-12(7-13)11(15-12)9(8)2/h7-11,14H,3-6H2,1-2H3. The molecule has 3 nitrogen and oxygen atoms in total. The summed E-state index contributed by atoms with van der Waals surface area (Å²) in [5.41, 5.74) is -0.502. The Morgan fingerprint density at radius 2 is 2.20 bits per heavy atom. The lowest BCUT2D eigenvalue weighted by Gasteiger charge is -2.20. The summed E-state index contributed by atoms with van der Waals surface area (Å²) in [6.07, 6.45) is 4.14. The molecule has 1 aliphatic heterocycles. The SMILES string of the molecule is CC1CC(O)CCCC2(C=O)OC2C1C. The van der Waals surface area contributed by atoms with Crippen molar-refractivity contribution in [2.75, 3.05) is 0 Å². The number of aldehydes is 1. The smallest absolute Gasteiger partial charge is 0.154 e. The van der Waals surface area contributed by atoms with Gasteiger partial charge in [-0.25, -0.2) is 0 Å². The van der Waals surface area contributed by atoms with E-state index in [1.807, 2.05) is 0 Å². The number of rotatable bonds is 1. The summed E-state index contributed by atoms with van der Waals surface area (Å²) in [6, 6.07) is 0. The molecule has 15 heavy (non-hydrogen) atoms. The Bertz CT molecular complexity index is 253. The van der Waals surface area contributed by atoms with Gasteiger partial charge in [0.15, 0.2) is 6.29 Å². The zero-order valence-electron chi connectivity index (χ0n) is 9.48. The highest BCUT2D eigenvalue weighted by molar-refractivity contribution is 5.68. The fraction of sp³-hybridized carbons (Fsp3) is 0.917. The molecular formula is C12H20O3. The second-order valence-electron chi connectivity index (χ2n) is 5.23. The highest BCUT2D eigenvalue weighted by Crippen LogP contribution is 2.47. The number of hydrogen-bond donors (Lipinski definition) is 1. The first-order valence-electron chi connectivity index (χ1n) is 5.91. The highest BCUT2D eigenvalue weighted by Gasteiger charge is 2.59. The molecule has 5 atom stereocenters. The first-order chi connectivity index (χ1) is 7.09. The van der Waals surface area contributed by atoms with E-state index in [0.29, 0.717) is 11.8 Å². The lowest BCUT2D eigenvalue weighted by Crippen LogP contribution is -2.24. The van der Waals surface area contributed by atoms with Crippen molar-refractivity contribution in [1.82, 2.24) is 0 Å². The van der Waals surface area contributed by atoms with Crippen LogP contribution in [-0.2, 0) is 9.53 Å². The Labute approximate surface area is 90.8 Å². The van der Waals surface area contributed by atoms with E-state index in [1.54, 1.807) is 0 Å². The van der Waals surface area contributed by atoms with Crippen LogP contribution in [0.2, 0.25) is 0 Å². The fourth-order valence-corrected chi connectivity index (χ4v) is 2.78. The number of epoxide rings is 1. The summed E-state index contributed by atoms with van der Waals surface area (Å²) in [5, 5.41) is 9.76. The van der Waals surface area contributed by atoms with Gasteiger partial charge in [0.05, 0.1) is 12.2 Å². The first-order valence-corrected chi connectivity index (χ1v) is 5.91. The molecule has 1 saturated heterocycles. The maximum absolute atomic E-state index is 11.0. The molecule has 3 heteroatoms. The van der Waals surface area contributed by atoms with Crippen LogP contribution in [0.15, 0.2) is 0 Å². The van der Waals surface area contributed by atoms with E-state index in [-0.39, 0.29) is 12.2 Å². The normalized spacial score (nSPS) is 50.9. The Hall–Kier alpha value is -0.410. The first kappa shape index (κ1) is 11.1. The van der Waals surface area contributed by atoms with E-state index in [2.05, 4.69) is 13.8 Å². The highest BCUT2D eigenvalue weighted by atomic mass is 16.6. The number of carbonyl (C=O) groups is 1. The second kappa shape index (κ2) is 3.87. The molecule has 2 rings (SSSR count). The van der Waals surface area contributed by atoms with Crippen LogP contribution in [0.5, 0.6) is 0 Å². The van der Waals surface area contributed by atoms with E-state index in [9.17, 15) is 9.90 Å². The third-order valence-corrected chi connectivity index (χ3v) is 4.09. The molecule has 0 aromatic carbocycles. The molecule has 1 saturated carbocycles. The second-order valence-corrected chi connectivity index (χ2v) is 5.23. The van der Waals surface area contributed by atoms with Crippen molar-refractivity contribution in [1.29, 1.82) is 0 Å². The minimum Gasteiger partial charge on any atom is -0.393 e. The molecule has 0 spiro atoms. The summed E-state index contributed by atoms with van der Waals surface area (Å²) >= 11 is 0. The van der Waals surface area contributed by atoms with Crippen LogP contribution in [-0.4, -0.2) is 29.2 Å². The molecule has 0 amide bonds. The molecule has 2 aliphatic rings. The maximum Gasteiger partial charge on any atom is 0.154 e. The number of aliphatic hydroxyl groups excluding tert-OH is 1. The van der Waals surface area contributed by atoms with Crippen LogP contribution in [0.25, 0.3) is 0 Å². The van der Waals surface area contributed by atoms with Crippen molar-refractivity contribution in [3.8, 4) is 0 Å². The zero-order valence-corrected chi connectivity index (χ0v) is 9.48. The van der Waals surface area contributed by atoms with Crippen molar-refractivity contribution >= 4 is 6.29 Å². The van der Waals surface area contributed by atoms with Crippen molar-refractivity contribution in [2.24, 2.45) is 11.8 Å². The third-order valence-electron chi connectivity index (χ3n) is 4.09. The average Bonchev–Trinajstić information content (AvgIpc) is 2.91. The lowest BCUT2D eigenvalue weighted by molar-refractivity contribution is -0.112. The van der Waals surface area contributed by atoms with Crippen LogP contribution >= 0.6 is 0 Å². The minimum absolute atomic E-state index is 0.0929. The van der Waals surface area contributed by atoms with Gasteiger partial charge in [0.2, 0.25) is 0 Å².